The molecular weight excluding hydrogens is 262 g/mol. The number of rotatable bonds is 2. The summed E-state index contributed by atoms with van der Waals surface area (Å²) in [6, 6.07) is 13.1. The number of imidazole rings is 1. The molecule has 0 unspecified atom stereocenters. The SMILES string of the molecule is CC(C)(C)Nc1c(-c2cccc(O)c2)nc2ccccn12. The number of aromatic nitrogens is 2. The number of anilines is 1. The van der Waals surface area contributed by atoms with Crippen molar-refractivity contribution in [3.05, 3.63) is 48.7 Å². The summed E-state index contributed by atoms with van der Waals surface area (Å²) in [5, 5.41) is 13.2. The molecule has 0 aliphatic heterocycles. The first-order chi connectivity index (χ1) is 9.94. The van der Waals surface area contributed by atoms with Gasteiger partial charge in [0.15, 0.2) is 0 Å². The lowest BCUT2D eigenvalue weighted by molar-refractivity contribution is 0.475. The molecule has 2 heterocycles. The molecule has 3 rings (SSSR count). The Morgan fingerprint density at radius 3 is 2.62 bits per heavy atom. The van der Waals surface area contributed by atoms with Gasteiger partial charge in [-0.25, -0.2) is 4.98 Å². The molecule has 108 valence electrons. The van der Waals surface area contributed by atoms with E-state index in [0.29, 0.717) is 0 Å². The summed E-state index contributed by atoms with van der Waals surface area (Å²) < 4.78 is 2.03. The average Bonchev–Trinajstić information content (AvgIpc) is 2.76. The van der Waals surface area contributed by atoms with Gasteiger partial charge in [0.05, 0.1) is 0 Å². The fourth-order valence-electron chi connectivity index (χ4n) is 2.32. The van der Waals surface area contributed by atoms with Gasteiger partial charge in [0.1, 0.15) is 22.9 Å². The van der Waals surface area contributed by atoms with Crippen LogP contribution in [-0.2, 0) is 0 Å². The topological polar surface area (TPSA) is 49.6 Å². The van der Waals surface area contributed by atoms with Crippen molar-refractivity contribution in [3.63, 3.8) is 0 Å². The standard InChI is InChI=1S/C17H19N3O/c1-17(2,3)19-16-15(12-7-6-8-13(21)11-12)18-14-9-4-5-10-20(14)16/h4-11,19,21H,1-3H3. The maximum absolute atomic E-state index is 9.72. The molecule has 21 heavy (non-hydrogen) atoms. The Morgan fingerprint density at radius 2 is 1.90 bits per heavy atom. The van der Waals surface area contributed by atoms with Gasteiger partial charge in [-0.05, 0) is 45.0 Å². The van der Waals surface area contributed by atoms with Gasteiger partial charge in [0.2, 0.25) is 0 Å². The van der Waals surface area contributed by atoms with Gasteiger partial charge in [0, 0.05) is 17.3 Å². The Morgan fingerprint density at radius 1 is 1.10 bits per heavy atom. The van der Waals surface area contributed by atoms with E-state index in [1.165, 1.54) is 0 Å². The smallest absolute Gasteiger partial charge is 0.139 e. The first kappa shape index (κ1) is 13.5. The number of nitrogens with one attached hydrogen (secondary N) is 1. The second kappa shape index (κ2) is 4.81. The van der Waals surface area contributed by atoms with Crippen molar-refractivity contribution >= 4 is 11.5 Å². The molecule has 3 aromatic rings. The van der Waals surface area contributed by atoms with E-state index < -0.39 is 0 Å². The van der Waals surface area contributed by atoms with E-state index in [9.17, 15) is 5.11 Å². The van der Waals surface area contributed by atoms with Crippen LogP contribution in [0.2, 0.25) is 0 Å². The quantitative estimate of drug-likeness (QED) is 0.748. The molecule has 0 aliphatic carbocycles. The Hall–Kier alpha value is -2.49. The van der Waals surface area contributed by atoms with Crippen molar-refractivity contribution in [1.29, 1.82) is 0 Å². The number of fused-ring (bicyclic) bond motifs is 1. The fraction of sp³-hybridized carbons (Fsp3) is 0.235. The van der Waals surface area contributed by atoms with Crippen LogP contribution in [0.1, 0.15) is 20.8 Å². The second-order valence-corrected chi connectivity index (χ2v) is 6.16. The third-order valence-corrected chi connectivity index (χ3v) is 3.14. The molecule has 4 nitrogen and oxygen atoms in total. The van der Waals surface area contributed by atoms with E-state index in [2.05, 4.69) is 26.1 Å². The molecule has 0 aliphatic rings. The van der Waals surface area contributed by atoms with E-state index in [1.54, 1.807) is 12.1 Å². The molecule has 0 saturated carbocycles. The third kappa shape index (κ3) is 2.70. The van der Waals surface area contributed by atoms with Gasteiger partial charge in [-0.15, -0.1) is 0 Å². The Kier molecular flexibility index (Phi) is 3.09. The van der Waals surface area contributed by atoms with E-state index in [4.69, 9.17) is 4.98 Å². The maximum Gasteiger partial charge on any atom is 0.139 e. The fourth-order valence-corrected chi connectivity index (χ4v) is 2.32. The highest BCUT2D eigenvalue weighted by Crippen LogP contribution is 2.32. The number of nitrogens with zero attached hydrogens (tertiary/aromatic N) is 2. The third-order valence-electron chi connectivity index (χ3n) is 3.14. The molecule has 4 heteroatoms. The van der Waals surface area contributed by atoms with Gasteiger partial charge in [-0.2, -0.15) is 0 Å². The van der Waals surface area contributed by atoms with Crippen molar-refractivity contribution in [3.8, 4) is 17.0 Å². The molecule has 1 aromatic carbocycles. The number of aromatic hydroxyl groups is 1. The molecule has 0 radical (unpaired) electrons. The lowest BCUT2D eigenvalue weighted by Gasteiger charge is -2.22. The highest BCUT2D eigenvalue weighted by atomic mass is 16.3. The van der Waals surface area contributed by atoms with E-state index in [0.717, 1.165) is 22.7 Å². The molecule has 0 saturated heterocycles. The summed E-state index contributed by atoms with van der Waals surface area (Å²) in [7, 11) is 0. The van der Waals surface area contributed by atoms with Gasteiger partial charge in [0.25, 0.3) is 0 Å². The summed E-state index contributed by atoms with van der Waals surface area (Å²) in [5.74, 6) is 1.18. The predicted molar refractivity (Wildman–Crippen MR) is 85.7 cm³/mol. The number of pyridine rings is 1. The molecule has 2 aromatic heterocycles. The summed E-state index contributed by atoms with van der Waals surface area (Å²) in [6.45, 7) is 6.34. The minimum absolute atomic E-state index is 0.0859. The molecule has 0 amide bonds. The normalized spacial score (nSPS) is 11.8. The van der Waals surface area contributed by atoms with Crippen LogP contribution in [0.25, 0.3) is 16.9 Å². The van der Waals surface area contributed by atoms with Crippen molar-refractivity contribution < 1.29 is 5.11 Å². The molecule has 0 fully saturated rings. The maximum atomic E-state index is 9.72. The van der Waals surface area contributed by atoms with E-state index in [-0.39, 0.29) is 11.3 Å². The van der Waals surface area contributed by atoms with Crippen LogP contribution in [0.4, 0.5) is 5.82 Å². The van der Waals surface area contributed by atoms with Gasteiger partial charge >= 0.3 is 0 Å². The van der Waals surface area contributed by atoms with Crippen molar-refractivity contribution in [2.24, 2.45) is 0 Å². The van der Waals surface area contributed by atoms with Crippen LogP contribution >= 0.6 is 0 Å². The van der Waals surface area contributed by atoms with E-state index >= 15 is 0 Å². The molecular formula is C17H19N3O. The average molecular weight is 281 g/mol. The van der Waals surface area contributed by atoms with Crippen LogP contribution in [-0.4, -0.2) is 20.0 Å². The van der Waals surface area contributed by atoms with E-state index in [1.807, 2.05) is 40.9 Å². The minimum Gasteiger partial charge on any atom is -0.508 e. The minimum atomic E-state index is -0.0859. The Bertz CT molecular complexity index is 784. The number of hydrogen-bond acceptors (Lipinski definition) is 3. The highest BCUT2D eigenvalue weighted by Gasteiger charge is 2.19. The number of phenols is 1. The summed E-state index contributed by atoms with van der Waals surface area (Å²) in [4.78, 5) is 4.70. The summed E-state index contributed by atoms with van der Waals surface area (Å²) in [6.07, 6.45) is 1.99. The van der Waals surface area contributed by atoms with Crippen molar-refractivity contribution in [2.45, 2.75) is 26.3 Å². The Labute approximate surface area is 124 Å². The van der Waals surface area contributed by atoms with Crippen LogP contribution in [0, 0.1) is 0 Å². The van der Waals surface area contributed by atoms with Crippen molar-refractivity contribution in [2.75, 3.05) is 5.32 Å². The van der Waals surface area contributed by atoms with Gasteiger partial charge in [-0.3, -0.25) is 4.40 Å². The predicted octanol–water partition coefficient (Wildman–Crippen LogP) is 3.92. The largest absolute Gasteiger partial charge is 0.508 e. The first-order valence-corrected chi connectivity index (χ1v) is 6.99. The monoisotopic (exact) mass is 281 g/mol. The second-order valence-electron chi connectivity index (χ2n) is 6.16. The molecule has 0 atom stereocenters. The highest BCUT2D eigenvalue weighted by molar-refractivity contribution is 5.77. The van der Waals surface area contributed by atoms with Crippen LogP contribution < -0.4 is 5.32 Å². The molecule has 2 N–H and O–H groups in total. The van der Waals surface area contributed by atoms with Crippen molar-refractivity contribution in [1.82, 2.24) is 9.38 Å². The molecule has 0 bridgehead atoms. The zero-order valence-corrected chi connectivity index (χ0v) is 12.5. The number of phenolic OH excluding ortho intramolecular Hbond substituents is 1. The first-order valence-electron chi connectivity index (χ1n) is 6.99. The zero-order chi connectivity index (χ0) is 15.0. The number of benzene rings is 1. The van der Waals surface area contributed by atoms with Crippen LogP contribution in [0.3, 0.4) is 0 Å². The Balaban J connectivity index is 2.24. The van der Waals surface area contributed by atoms with Gasteiger partial charge < -0.3 is 10.4 Å². The lowest BCUT2D eigenvalue weighted by atomic mass is 10.1. The zero-order valence-electron chi connectivity index (χ0n) is 12.5. The molecule has 0 spiro atoms. The van der Waals surface area contributed by atoms with Gasteiger partial charge in [-0.1, -0.05) is 18.2 Å². The summed E-state index contributed by atoms with van der Waals surface area (Å²) in [5.41, 5.74) is 2.53. The summed E-state index contributed by atoms with van der Waals surface area (Å²) >= 11 is 0. The number of hydrogen-bond donors (Lipinski definition) is 2. The van der Waals surface area contributed by atoms with Crippen LogP contribution in [0.15, 0.2) is 48.7 Å². The van der Waals surface area contributed by atoms with Crippen LogP contribution in [0.5, 0.6) is 5.75 Å². The lowest BCUT2D eigenvalue weighted by Crippen LogP contribution is -2.27.